The van der Waals surface area contributed by atoms with Gasteiger partial charge in [-0.1, -0.05) is 20.8 Å². The standard InChI is InChI=1S/C17H37N3/c1-8-15(4)19-9-11-20(12-10-19)16(14(2)3)13-18-17(5,6)7/h14-16,18H,8-13H2,1-7H3. The van der Waals surface area contributed by atoms with Crippen LogP contribution in [0.2, 0.25) is 0 Å². The number of nitrogens with zero attached hydrogens (tertiary/aromatic N) is 2. The molecule has 0 bridgehead atoms. The van der Waals surface area contributed by atoms with Crippen molar-refractivity contribution in [3.05, 3.63) is 0 Å². The molecule has 0 aromatic rings. The molecule has 1 rings (SSSR count). The molecule has 1 heterocycles. The summed E-state index contributed by atoms with van der Waals surface area (Å²) in [5, 5.41) is 3.69. The van der Waals surface area contributed by atoms with Crippen LogP contribution in [0.25, 0.3) is 0 Å². The SMILES string of the molecule is CCC(C)N1CCN(C(CNC(C)(C)C)C(C)C)CC1. The minimum atomic E-state index is 0.214. The first-order valence-corrected chi connectivity index (χ1v) is 8.47. The lowest BCUT2D eigenvalue weighted by Gasteiger charge is -2.43. The maximum atomic E-state index is 3.69. The van der Waals surface area contributed by atoms with Crippen LogP contribution >= 0.6 is 0 Å². The average Bonchev–Trinajstić information content (AvgIpc) is 2.37. The van der Waals surface area contributed by atoms with Gasteiger partial charge < -0.3 is 5.32 Å². The second-order valence-corrected chi connectivity index (χ2v) is 7.77. The molecule has 120 valence electrons. The molecule has 0 radical (unpaired) electrons. The Morgan fingerprint density at radius 3 is 1.85 bits per heavy atom. The lowest BCUT2D eigenvalue weighted by molar-refractivity contribution is 0.0546. The van der Waals surface area contributed by atoms with E-state index in [1.165, 1.54) is 32.6 Å². The zero-order valence-electron chi connectivity index (χ0n) is 14.9. The van der Waals surface area contributed by atoms with Gasteiger partial charge in [0.05, 0.1) is 0 Å². The molecule has 0 saturated carbocycles. The summed E-state index contributed by atoms with van der Waals surface area (Å²) >= 11 is 0. The topological polar surface area (TPSA) is 18.5 Å². The third kappa shape index (κ3) is 5.71. The molecule has 1 aliphatic rings. The predicted octanol–water partition coefficient (Wildman–Crippen LogP) is 2.82. The van der Waals surface area contributed by atoms with Crippen LogP contribution in [-0.4, -0.2) is 60.1 Å². The van der Waals surface area contributed by atoms with Gasteiger partial charge in [0.2, 0.25) is 0 Å². The third-order valence-electron chi connectivity index (χ3n) is 4.64. The summed E-state index contributed by atoms with van der Waals surface area (Å²) in [4.78, 5) is 5.34. The molecular weight excluding hydrogens is 246 g/mol. The van der Waals surface area contributed by atoms with Crippen molar-refractivity contribution in [3.63, 3.8) is 0 Å². The second-order valence-electron chi connectivity index (χ2n) is 7.77. The van der Waals surface area contributed by atoms with Crippen LogP contribution in [0.5, 0.6) is 0 Å². The lowest BCUT2D eigenvalue weighted by atomic mass is 9.99. The Morgan fingerprint density at radius 1 is 0.950 bits per heavy atom. The summed E-state index contributed by atoms with van der Waals surface area (Å²) < 4.78 is 0. The fraction of sp³-hybridized carbons (Fsp3) is 1.00. The number of nitrogens with one attached hydrogen (secondary N) is 1. The van der Waals surface area contributed by atoms with Gasteiger partial charge in [-0.25, -0.2) is 0 Å². The highest BCUT2D eigenvalue weighted by Crippen LogP contribution is 2.16. The first-order valence-electron chi connectivity index (χ1n) is 8.47. The Balaban J connectivity index is 2.50. The highest BCUT2D eigenvalue weighted by Gasteiger charge is 2.27. The van der Waals surface area contributed by atoms with Crippen molar-refractivity contribution in [2.24, 2.45) is 5.92 Å². The molecule has 0 spiro atoms. The van der Waals surface area contributed by atoms with Crippen molar-refractivity contribution >= 4 is 0 Å². The molecular formula is C17H37N3. The van der Waals surface area contributed by atoms with Crippen LogP contribution < -0.4 is 5.32 Å². The van der Waals surface area contributed by atoms with E-state index in [1.54, 1.807) is 0 Å². The molecule has 2 unspecified atom stereocenters. The van der Waals surface area contributed by atoms with Crippen LogP contribution in [0.1, 0.15) is 54.9 Å². The predicted molar refractivity (Wildman–Crippen MR) is 89.3 cm³/mol. The molecule has 3 heteroatoms. The van der Waals surface area contributed by atoms with Crippen molar-refractivity contribution in [3.8, 4) is 0 Å². The van der Waals surface area contributed by atoms with E-state index in [-0.39, 0.29) is 5.54 Å². The van der Waals surface area contributed by atoms with Crippen molar-refractivity contribution in [2.75, 3.05) is 32.7 Å². The first kappa shape index (κ1) is 17.9. The highest BCUT2D eigenvalue weighted by atomic mass is 15.3. The van der Waals surface area contributed by atoms with Gasteiger partial charge in [0.25, 0.3) is 0 Å². The van der Waals surface area contributed by atoms with Crippen LogP contribution in [0.15, 0.2) is 0 Å². The van der Waals surface area contributed by atoms with Gasteiger partial charge in [-0.2, -0.15) is 0 Å². The van der Waals surface area contributed by atoms with E-state index in [2.05, 4.69) is 63.6 Å². The van der Waals surface area contributed by atoms with Gasteiger partial charge in [-0.15, -0.1) is 0 Å². The van der Waals surface area contributed by atoms with E-state index in [0.29, 0.717) is 12.0 Å². The molecule has 3 nitrogen and oxygen atoms in total. The first-order chi connectivity index (χ1) is 9.24. The maximum Gasteiger partial charge on any atom is 0.0244 e. The fourth-order valence-corrected chi connectivity index (χ4v) is 2.97. The summed E-state index contributed by atoms with van der Waals surface area (Å²) in [5.41, 5.74) is 0.214. The molecule has 20 heavy (non-hydrogen) atoms. The van der Waals surface area contributed by atoms with Gasteiger partial charge in [-0.05, 0) is 40.0 Å². The van der Waals surface area contributed by atoms with Gasteiger partial charge in [0, 0.05) is 50.3 Å². The highest BCUT2D eigenvalue weighted by molar-refractivity contribution is 4.85. The van der Waals surface area contributed by atoms with E-state index >= 15 is 0 Å². The monoisotopic (exact) mass is 283 g/mol. The van der Waals surface area contributed by atoms with E-state index in [4.69, 9.17) is 0 Å². The number of rotatable bonds is 6. The fourth-order valence-electron chi connectivity index (χ4n) is 2.97. The molecule has 2 atom stereocenters. The Hall–Kier alpha value is -0.120. The quantitative estimate of drug-likeness (QED) is 0.809. The molecule has 0 amide bonds. The second kappa shape index (κ2) is 7.77. The Morgan fingerprint density at radius 2 is 1.45 bits per heavy atom. The summed E-state index contributed by atoms with van der Waals surface area (Å²) in [6, 6.07) is 1.40. The van der Waals surface area contributed by atoms with Gasteiger partial charge in [-0.3, -0.25) is 9.80 Å². The number of piperazine rings is 1. The van der Waals surface area contributed by atoms with Crippen LogP contribution in [0.3, 0.4) is 0 Å². The van der Waals surface area contributed by atoms with Crippen LogP contribution in [-0.2, 0) is 0 Å². The van der Waals surface area contributed by atoms with Crippen molar-refractivity contribution in [2.45, 2.75) is 72.5 Å². The average molecular weight is 284 g/mol. The summed E-state index contributed by atoms with van der Waals surface area (Å²) in [7, 11) is 0. The van der Waals surface area contributed by atoms with Crippen LogP contribution in [0.4, 0.5) is 0 Å². The molecule has 1 fully saturated rings. The maximum absolute atomic E-state index is 3.69. The smallest absolute Gasteiger partial charge is 0.0244 e. The van der Waals surface area contributed by atoms with Crippen molar-refractivity contribution < 1.29 is 0 Å². The molecule has 1 saturated heterocycles. The molecule has 0 aromatic carbocycles. The summed E-state index contributed by atoms with van der Waals surface area (Å²) in [6.45, 7) is 22.1. The molecule has 1 aliphatic heterocycles. The minimum Gasteiger partial charge on any atom is -0.311 e. The Bertz CT molecular complexity index is 262. The number of hydrogen-bond donors (Lipinski definition) is 1. The Labute approximate surface area is 127 Å². The molecule has 0 aromatic heterocycles. The van der Waals surface area contributed by atoms with Crippen LogP contribution in [0, 0.1) is 5.92 Å². The van der Waals surface area contributed by atoms with E-state index in [1.807, 2.05) is 0 Å². The number of hydrogen-bond acceptors (Lipinski definition) is 3. The lowest BCUT2D eigenvalue weighted by Crippen LogP contribution is -2.57. The summed E-state index contributed by atoms with van der Waals surface area (Å²) in [6.07, 6.45) is 1.26. The molecule has 0 aliphatic carbocycles. The van der Waals surface area contributed by atoms with Crippen molar-refractivity contribution in [1.82, 2.24) is 15.1 Å². The van der Waals surface area contributed by atoms with Crippen molar-refractivity contribution in [1.29, 1.82) is 0 Å². The van der Waals surface area contributed by atoms with Gasteiger partial charge >= 0.3 is 0 Å². The minimum absolute atomic E-state index is 0.214. The zero-order valence-corrected chi connectivity index (χ0v) is 14.9. The summed E-state index contributed by atoms with van der Waals surface area (Å²) in [5.74, 6) is 0.708. The molecule has 1 N–H and O–H groups in total. The van der Waals surface area contributed by atoms with E-state index in [0.717, 1.165) is 12.6 Å². The third-order valence-corrected chi connectivity index (χ3v) is 4.64. The van der Waals surface area contributed by atoms with Gasteiger partial charge in [0.1, 0.15) is 0 Å². The van der Waals surface area contributed by atoms with E-state index in [9.17, 15) is 0 Å². The normalized spacial score (nSPS) is 22.2. The van der Waals surface area contributed by atoms with E-state index < -0.39 is 0 Å². The zero-order chi connectivity index (χ0) is 15.3. The Kier molecular flexibility index (Phi) is 6.96. The van der Waals surface area contributed by atoms with Gasteiger partial charge in [0.15, 0.2) is 0 Å². The largest absolute Gasteiger partial charge is 0.311 e.